The maximum atomic E-state index is 12.7. The van der Waals surface area contributed by atoms with E-state index < -0.39 is 6.09 Å². The summed E-state index contributed by atoms with van der Waals surface area (Å²) in [6.07, 6.45) is 10.4. The van der Waals surface area contributed by atoms with Gasteiger partial charge in [0, 0.05) is 56.0 Å². The second-order valence-electron chi connectivity index (χ2n) is 9.87. The zero-order valence-corrected chi connectivity index (χ0v) is 22.5. The molecule has 5 rings (SSSR count). The first-order chi connectivity index (χ1) is 18.5. The number of aryl methyl sites for hydroxylation is 1. The molecule has 0 unspecified atom stereocenters. The van der Waals surface area contributed by atoms with Gasteiger partial charge in [0.05, 0.1) is 11.9 Å². The lowest BCUT2D eigenvalue weighted by Gasteiger charge is -2.30. The Balaban J connectivity index is 1.07. The molecule has 3 aromatic rings. The van der Waals surface area contributed by atoms with Crippen molar-refractivity contribution in [1.29, 1.82) is 0 Å². The van der Waals surface area contributed by atoms with Crippen LogP contribution in [0.4, 0.5) is 10.5 Å². The number of ether oxygens (including phenoxy) is 1. The van der Waals surface area contributed by atoms with Crippen LogP contribution in [0.5, 0.6) is 5.88 Å². The number of carbonyl (C=O) groups is 2. The van der Waals surface area contributed by atoms with Gasteiger partial charge in [0.1, 0.15) is 0 Å². The van der Waals surface area contributed by atoms with Gasteiger partial charge in [-0.25, -0.2) is 14.8 Å². The molecule has 1 N–H and O–H groups in total. The summed E-state index contributed by atoms with van der Waals surface area (Å²) in [5, 5.41) is 4.27. The maximum absolute atomic E-state index is 12.7. The van der Waals surface area contributed by atoms with Crippen LogP contribution in [0.3, 0.4) is 0 Å². The summed E-state index contributed by atoms with van der Waals surface area (Å²) in [7, 11) is 1.99. The molecule has 2 aromatic heterocycles. The number of anilines is 1. The average Bonchev–Trinajstić information content (AvgIpc) is 3.35. The molecule has 2 aliphatic rings. The topological polar surface area (TPSA) is 92.6 Å². The third-order valence-corrected chi connectivity index (χ3v) is 8.42. The summed E-state index contributed by atoms with van der Waals surface area (Å²) >= 11 is 1.75. The van der Waals surface area contributed by atoms with Crippen molar-refractivity contribution < 1.29 is 14.3 Å². The van der Waals surface area contributed by atoms with Gasteiger partial charge in [-0.1, -0.05) is 30.3 Å². The number of likely N-dealkylation sites (tertiary alicyclic amines) is 2. The Morgan fingerprint density at radius 3 is 2.42 bits per heavy atom. The maximum Gasteiger partial charge on any atom is 0.416 e. The van der Waals surface area contributed by atoms with Crippen molar-refractivity contribution in [3.05, 3.63) is 66.1 Å². The number of aromatic nitrogens is 3. The van der Waals surface area contributed by atoms with Gasteiger partial charge < -0.3 is 19.5 Å². The number of nitrogens with one attached hydrogen (secondary N) is 1. The van der Waals surface area contributed by atoms with Crippen LogP contribution in [0.2, 0.25) is 0 Å². The highest BCUT2D eigenvalue weighted by Crippen LogP contribution is 2.29. The van der Waals surface area contributed by atoms with E-state index in [1.165, 1.54) is 31.0 Å². The summed E-state index contributed by atoms with van der Waals surface area (Å²) in [5.41, 5.74) is 2.35. The van der Waals surface area contributed by atoms with Crippen LogP contribution in [0.1, 0.15) is 48.0 Å². The molecule has 0 radical (unpaired) electrons. The van der Waals surface area contributed by atoms with Gasteiger partial charge in [-0.2, -0.15) is 0 Å². The molecule has 2 aliphatic heterocycles. The highest BCUT2D eigenvalue weighted by atomic mass is 32.2. The summed E-state index contributed by atoms with van der Waals surface area (Å²) < 4.78 is 7.48. The molecule has 200 valence electrons. The monoisotopic (exact) mass is 534 g/mol. The van der Waals surface area contributed by atoms with Crippen LogP contribution in [0.15, 0.2) is 60.1 Å². The first kappa shape index (κ1) is 26.2. The Morgan fingerprint density at radius 1 is 1.00 bits per heavy atom. The van der Waals surface area contributed by atoms with Crippen LogP contribution in [-0.2, 0) is 13.6 Å². The summed E-state index contributed by atoms with van der Waals surface area (Å²) in [5.74, 6) is 0.00641. The molecule has 1 aromatic carbocycles. The highest BCUT2D eigenvalue weighted by Gasteiger charge is 2.26. The lowest BCUT2D eigenvalue weighted by Crippen LogP contribution is -2.41. The first-order valence-electron chi connectivity index (χ1n) is 13.2. The van der Waals surface area contributed by atoms with Crippen LogP contribution >= 0.6 is 11.8 Å². The molecule has 0 bridgehead atoms. The van der Waals surface area contributed by atoms with E-state index in [2.05, 4.69) is 20.2 Å². The number of rotatable bonds is 7. The molecule has 2 saturated heterocycles. The second-order valence-corrected chi connectivity index (χ2v) is 11.1. The normalized spacial score (nSPS) is 16.8. The second kappa shape index (κ2) is 12.4. The van der Waals surface area contributed by atoms with Crippen LogP contribution < -0.4 is 10.1 Å². The number of carbonyl (C=O) groups excluding carboxylic acids is 2. The minimum absolute atomic E-state index is 0.202. The third kappa shape index (κ3) is 6.93. The zero-order valence-electron chi connectivity index (χ0n) is 21.7. The molecule has 4 heterocycles. The Hall–Kier alpha value is -3.37. The van der Waals surface area contributed by atoms with Crippen LogP contribution in [0.25, 0.3) is 0 Å². The minimum atomic E-state index is -0.403. The molecule has 2 fully saturated rings. The molecule has 9 nitrogen and oxygen atoms in total. The highest BCUT2D eigenvalue weighted by molar-refractivity contribution is 7.99. The number of imidazole rings is 1. The van der Waals surface area contributed by atoms with Gasteiger partial charge in [-0.15, -0.1) is 0 Å². The van der Waals surface area contributed by atoms with Gasteiger partial charge in [0.2, 0.25) is 5.88 Å². The molecule has 0 aliphatic carbocycles. The number of pyridine rings is 1. The van der Waals surface area contributed by atoms with Crippen molar-refractivity contribution in [2.45, 2.75) is 49.1 Å². The van der Waals surface area contributed by atoms with Crippen LogP contribution in [0, 0.1) is 0 Å². The number of hydrogen-bond acceptors (Lipinski definition) is 7. The smallest absolute Gasteiger partial charge is 0.391 e. The van der Waals surface area contributed by atoms with Gasteiger partial charge in [0.15, 0.2) is 5.16 Å². The van der Waals surface area contributed by atoms with Crippen LogP contribution in [-0.4, -0.2) is 67.8 Å². The van der Waals surface area contributed by atoms with Gasteiger partial charge in [-0.05, 0) is 62.5 Å². The predicted molar refractivity (Wildman–Crippen MR) is 147 cm³/mol. The third-order valence-electron chi connectivity index (χ3n) is 7.01. The number of thioether (sulfide) groups is 1. The van der Waals surface area contributed by atoms with E-state index in [1.807, 2.05) is 42.1 Å². The van der Waals surface area contributed by atoms with E-state index in [0.29, 0.717) is 29.6 Å². The zero-order chi connectivity index (χ0) is 26.3. The van der Waals surface area contributed by atoms with E-state index >= 15 is 0 Å². The Kier molecular flexibility index (Phi) is 8.60. The molecule has 0 spiro atoms. The fourth-order valence-electron chi connectivity index (χ4n) is 4.78. The van der Waals surface area contributed by atoms with Crippen molar-refractivity contribution >= 4 is 29.4 Å². The predicted octanol–water partition coefficient (Wildman–Crippen LogP) is 4.81. The Morgan fingerprint density at radius 2 is 1.76 bits per heavy atom. The molecular formula is C28H34N6O3S. The number of amides is 2. The molecule has 0 atom stereocenters. The average molecular weight is 535 g/mol. The first-order valence-corrected chi connectivity index (χ1v) is 14.1. The molecule has 38 heavy (non-hydrogen) atoms. The van der Waals surface area contributed by atoms with Crippen molar-refractivity contribution in [3.8, 4) is 5.88 Å². The largest absolute Gasteiger partial charge is 0.416 e. The molecule has 2 amide bonds. The Bertz CT molecular complexity index is 1220. The SMILES string of the molecule is Cn1ccnc1SC1CCN(C(=O)Oc2ccc(NC(=O)c3ccc(CN4CCCCC4)cc3)cn2)CC1. The van der Waals surface area contributed by atoms with Crippen molar-refractivity contribution in [1.82, 2.24) is 24.3 Å². The number of hydrogen-bond donors (Lipinski definition) is 1. The summed E-state index contributed by atoms with van der Waals surface area (Å²) in [4.78, 5) is 38.0. The number of benzene rings is 1. The lowest BCUT2D eigenvalue weighted by molar-refractivity contribution is 0.102. The Labute approximate surface area is 227 Å². The fraction of sp³-hybridized carbons (Fsp3) is 0.429. The minimum Gasteiger partial charge on any atom is -0.391 e. The van der Waals surface area contributed by atoms with E-state index in [4.69, 9.17) is 4.74 Å². The molecule has 0 saturated carbocycles. The van der Waals surface area contributed by atoms with E-state index in [1.54, 1.807) is 35.0 Å². The molecular weight excluding hydrogens is 500 g/mol. The summed E-state index contributed by atoms with van der Waals surface area (Å²) in [6.45, 7) is 4.47. The van der Waals surface area contributed by atoms with Gasteiger partial charge in [-0.3, -0.25) is 9.69 Å². The standard InChI is InChI=1S/C28H34N6O3S/c1-32-18-13-29-27(32)38-24-11-16-34(17-12-24)28(36)37-25-10-9-23(19-30-25)31-26(35)22-7-5-21(6-8-22)20-33-14-3-2-4-15-33/h5-10,13,18-19,24H,2-4,11-12,14-17,20H2,1H3,(H,31,35). The lowest BCUT2D eigenvalue weighted by atomic mass is 10.1. The van der Waals surface area contributed by atoms with Gasteiger partial charge in [0.25, 0.3) is 5.91 Å². The van der Waals surface area contributed by atoms with E-state index in [9.17, 15) is 9.59 Å². The molecule has 10 heteroatoms. The van der Waals surface area contributed by atoms with Crippen molar-refractivity contribution in [2.24, 2.45) is 7.05 Å². The quantitative estimate of drug-likeness (QED) is 0.465. The van der Waals surface area contributed by atoms with E-state index in [-0.39, 0.29) is 11.8 Å². The van der Waals surface area contributed by atoms with Gasteiger partial charge >= 0.3 is 6.09 Å². The van der Waals surface area contributed by atoms with Crippen molar-refractivity contribution in [3.63, 3.8) is 0 Å². The summed E-state index contributed by atoms with van der Waals surface area (Å²) in [6, 6.07) is 11.0. The van der Waals surface area contributed by atoms with E-state index in [0.717, 1.165) is 37.6 Å². The fourth-order valence-corrected chi connectivity index (χ4v) is 5.87. The van der Waals surface area contributed by atoms with Crippen molar-refractivity contribution in [2.75, 3.05) is 31.5 Å². The number of nitrogens with zero attached hydrogens (tertiary/aromatic N) is 5. The number of piperidine rings is 2.